The van der Waals surface area contributed by atoms with Gasteiger partial charge in [0.2, 0.25) is 5.91 Å². The fourth-order valence-electron chi connectivity index (χ4n) is 2.09. The number of halogens is 3. The lowest BCUT2D eigenvalue weighted by atomic mass is 9.95. The first-order valence-electron chi connectivity index (χ1n) is 6.80. The Labute approximate surface area is 140 Å². The molecular weight excluding hydrogens is 359 g/mol. The summed E-state index contributed by atoms with van der Waals surface area (Å²) in [5.74, 6) is -0.434. The second-order valence-corrected chi connectivity index (χ2v) is 6.35. The Balaban J connectivity index is 0.00000400. The Kier molecular flexibility index (Phi) is 8.44. The van der Waals surface area contributed by atoms with Gasteiger partial charge in [-0.05, 0) is 60.3 Å². The molecule has 0 aliphatic heterocycles. The van der Waals surface area contributed by atoms with E-state index in [1.54, 1.807) is 19.1 Å². The molecule has 3 nitrogen and oxygen atoms in total. The molecule has 0 fully saturated rings. The topological polar surface area (TPSA) is 55.1 Å². The maximum Gasteiger partial charge on any atom is 0.240 e. The number of nitrogens with one attached hydrogen (secondary N) is 1. The Morgan fingerprint density at radius 2 is 2.14 bits per heavy atom. The molecule has 6 heteroatoms. The zero-order chi connectivity index (χ0) is 15.3. The van der Waals surface area contributed by atoms with Gasteiger partial charge in [0, 0.05) is 6.04 Å². The van der Waals surface area contributed by atoms with Crippen molar-refractivity contribution in [3.63, 3.8) is 0 Å². The van der Waals surface area contributed by atoms with Crippen molar-refractivity contribution in [2.75, 3.05) is 0 Å². The normalized spacial score (nSPS) is 14.8. The van der Waals surface area contributed by atoms with Crippen molar-refractivity contribution in [2.45, 2.75) is 51.6 Å². The molecule has 0 aromatic heterocycles. The van der Waals surface area contributed by atoms with E-state index in [0.29, 0.717) is 17.3 Å². The quantitative estimate of drug-likeness (QED) is 0.791. The van der Waals surface area contributed by atoms with Crippen molar-refractivity contribution < 1.29 is 9.18 Å². The van der Waals surface area contributed by atoms with Gasteiger partial charge in [-0.2, -0.15) is 0 Å². The first-order chi connectivity index (χ1) is 9.26. The average Bonchev–Trinajstić information content (AvgIpc) is 2.33. The first-order valence-corrected chi connectivity index (χ1v) is 7.59. The van der Waals surface area contributed by atoms with Crippen LogP contribution in [0.4, 0.5) is 4.39 Å². The third kappa shape index (κ3) is 6.32. The third-order valence-electron chi connectivity index (χ3n) is 3.19. The molecule has 1 rings (SSSR count). The number of amides is 1. The number of nitrogens with two attached hydrogens (primary N) is 1. The fraction of sp³-hybridized carbons (Fsp3) is 0.533. The molecule has 0 heterocycles. The monoisotopic (exact) mass is 380 g/mol. The van der Waals surface area contributed by atoms with E-state index in [1.165, 1.54) is 6.07 Å². The molecule has 0 saturated carbocycles. The zero-order valence-corrected chi connectivity index (χ0v) is 15.0. The van der Waals surface area contributed by atoms with E-state index in [-0.39, 0.29) is 30.2 Å². The largest absolute Gasteiger partial charge is 0.352 e. The van der Waals surface area contributed by atoms with Crippen LogP contribution < -0.4 is 11.1 Å². The van der Waals surface area contributed by atoms with Crippen LogP contribution in [-0.2, 0) is 11.2 Å². The average molecular weight is 382 g/mol. The summed E-state index contributed by atoms with van der Waals surface area (Å²) in [5.41, 5.74) is 6.11. The summed E-state index contributed by atoms with van der Waals surface area (Å²) in [6, 6.07) is 4.81. The number of benzene rings is 1. The van der Waals surface area contributed by atoms with Crippen LogP contribution in [0.3, 0.4) is 0 Å². The van der Waals surface area contributed by atoms with Gasteiger partial charge >= 0.3 is 0 Å². The van der Waals surface area contributed by atoms with Gasteiger partial charge in [0.1, 0.15) is 5.82 Å². The molecule has 1 aromatic carbocycles. The van der Waals surface area contributed by atoms with Crippen LogP contribution in [-0.4, -0.2) is 17.5 Å². The van der Waals surface area contributed by atoms with Crippen LogP contribution in [0, 0.1) is 5.82 Å². The van der Waals surface area contributed by atoms with Crippen molar-refractivity contribution in [1.82, 2.24) is 5.32 Å². The van der Waals surface area contributed by atoms with Crippen LogP contribution in [0.15, 0.2) is 22.7 Å². The second-order valence-electron chi connectivity index (χ2n) is 5.49. The van der Waals surface area contributed by atoms with Gasteiger partial charge in [-0.15, -0.1) is 12.4 Å². The van der Waals surface area contributed by atoms with Gasteiger partial charge in [-0.25, -0.2) is 4.39 Å². The lowest BCUT2D eigenvalue weighted by Gasteiger charge is -2.25. The molecule has 120 valence electrons. The molecular formula is C15H23BrClFN2O. The van der Waals surface area contributed by atoms with Crippen molar-refractivity contribution in [3.8, 4) is 0 Å². The molecule has 2 atom stereocenters. The first kappa shape index (κ1) is 20.3. The minimum Gasteiger partial charge on any atom is -0.352 e. The van der Waals surface area contributed by atoms with Gasteiger partial charge in [-0.3, -0.25) is 4.79 Å². The van der Waals surface area contributed by atoms with Crippen LogP contribution in [0.2, 0.25) is 0 Å². The molecule has 0 radical (unpaired) electrons. The maximum absolute atomic E-state index is 13.2. The van der Waals surface area contributed by atoms with Crippen LogP contribution in [0.5, 0.6) is 0 Å². The van der Waals surface area contributed by atoms with E-state index in [1.807, 2.05) is 13.8 Å². The van der Waals surface area contributed by atoms with Gasteiger partial charge in [0.15, 0.2) is 0 Å². The van der Waals surface area contributed by atoms with Gasteiger partial charge < -0.3 is 11.1 Å². The molecule has 2 unspecified atom stereocenters. The summed E-state index contributed by atoms with van der Waals surface area (Å²) in [6.07, 6.45) is 2.14. The highest BCUT2D eigenvalue weighted by molar-refractivity contribution is 9.10. The molecule has 0 spiro atoms. The summed E-state index contributed by atoms with van der Waals surface area (Å²) < 4.78 is 13.6. The highest BCUT2D eigenvalue weighted by Gasteiger charge is 2.27. The van der Waals surface area contributed by atoms with Crippen molar-refractivity contribution in [2.24, 2.45) is 5.73 Å². The highest BCUT2D eigenvalue weighted by atomic mass is 79.9. The second kappa shape index (κ2) is 8.71. The number of rotatable bonds is 6. The lowest BCUT2D eigenvalue weighted by Crippen LogP contribution is -2.53. The zero-order valence-electron chi connectivity index (χ0n) is 12.6. The van der Waals surface area contributed by atoms with Crippen LogP contribution in [0.25, 0.3) is 0 Å². The number of carbonyl (C=O) groups is 1. The molecule has 0 saturated heterocycles. The molecule has 0 aliphatic rings. The van der Waals surface area contributed by atoms with Gasteiger partial charge in [0.25, 0.3) is 0 Å². The molecule has 0 bridgehead atoms. The Hall–Kier alpha value is -0.650. The van der Waals surface area contributed by atoms with Crippen LogP contribution in [0.1, 0.15) is 39.2 Å². The summed E-state index contributed by atoms with van der Waals surface area (Å²) in [7, 11) is 0. The van der Waals surface area contributed by atoms with Crippen molar-refractivity contribution in [1.29, 1.82) is 0 Å². The van der Waals surface area contributed by atoms with E-state index in [4.69, 9.17) is 5.73 Å². The number of hydrogen-bond acceptors (Lipinski definition) is 2. The molecule has 0 aliphatic carbocycles. The van der Waals surface area contributed by atoms with E-state index in [2.05, 4.69) is 21.2 Å². The smallest absolute Gasteiger partial charge is 0.240 e. The molecule has 1 amide bonds. The van der Waals surface area contributed by atoms with Crippen molar-refractivity contribution >= 4 is 34.2 Å². The molecule has 3 N–H and O–H groups in total. The standard InChI is InChI=1S/C15H22BrFN2O.ClH/c1-4-7-15(3,18)14(20)19-10(2)8-11-5-6-13(17)12(16)9-11;/h5-6,9-10H,4,7-8,18H2,1-3H3,(H,19,20);1H. The third-order valence-corrected chi connectivity index (χ3v) is 3.80. The summed E-state index contributed by atoms with van der Waals surface area (Å²) in [6.45, 7) is 5.65. The Morgan fingerprint density at radius 1 is 1.52 bits per heavy atom. The Bertz CT molecular complexity index is 483. The number of hydrogen-bond donors (Lipinski definition) is 2. The van der Waals surface area contributed by atoms with E-state index in [9.17, 15) is 9.18 Å². The Morgan fingerprint density at radius 3 is 2.67 bits per heavy atom. The van der Waals surface area contributed by atoms with E-state index in [0.717, 1.165) is 12.0 Å². The fourth-order valence-corrected chi connectivity index (χ4v) is 2.52. The van der Waals surface area contributed by atoms with Gasteiger partial charge in [-0.1, -0.05) is 19.4 Å². The maximum atomic E-state index is 13.2. The predicted octanol–water partition coefficient (Wildman–Crippen LogP) is 3.57. The predicted molar refractivity (Wildman–Crippen MR) is 90.2 cm³/mol. The van der Waals surface area contributed by atoms with E-state index < -0.39 is 5.54 Å². The lowest BCUT2D eigenvalue weighted by molar-refractivity contribution is -0.126. The minimum absolute atomic E-state index is 0. The summed E-state index contributed by atoms with van der Waals surface area (Å²) in [4.78, 5) is 12.1. The van der Waals surface area contributed by atoms with Gasteiger partial charge in [0.05, 0.1) is 10.0 Å². The summed E-state index contributed by atoms with van der Waals surface area (Å²) in [5, 5.41) is 2.91. The molecule has 1 aromatic rings. The number of carbonyl (C=O) groups excluding carboxylic acids is 1. The van der Waals surface area contributed by atoms with E-state index >= 15 is 0 Å². The van der Waals surface area contributed by atoms with Crippen LogP contribution >= 0.6 is 28.3 Å². The SMILES string of the molecule is CCCC(C)(N)C(=O)NC(C)Cc1ccc(F)c(Br)c1.Cl. The minimum atomic E-state index is -0.841. The highest BCUT2D eigenvalue weighted by Crippen LogP contribution is 2.18. The molecule has 21 heavy (non-hydrogen) atoms. The van der Waals surface area contributed by atoms with Crippen molar-refractivity contribution in [3.05, 3.63) is 34.1 Å². The summed E-state index contributed by atoms with van der Waals surface area (Å²) >= 11 is 3.16.